The topological polar surface area (TPSA) is 20.3 Å². The molecule has 1 amide bonds. The van der Waals surface area contributed by atoms with Crippen molar-refractivity contribution in [3.8, 4) is 0 Å². The lowest BCUT2D eigenvalue weighted by atomic mass is 10.2. The summed E-state index contributed by atoms with van der Waals surface area (Å²) in [5.41, 5.74) is -4.29. The molecule has 0 saturated carbocycles. The highest BCUT2D eigenvalue weighted by Crippen LogP contribution is 2.38. The fourth-order valence-electron chi connectivity index (χ4n) is 1.54. The van der Waals surface area contributed by atoms with Crippen LogP contribution in [-0.4, -0.2) is 29.4 Å². The zero-order valence-electron chi connectivity index (χ0n) is 10.1. The van der Waals surface area contributed by atoms with E-state index in [1.54, 1.807) is 19.9 Å². The highest BCUT2D eigenvalue weighted by molar-refractivity contribution is 8.00. The second-order valence-corrected chi connectivity index (χ2v) is 4.63. The fraction of sp³-hybridized carbons (Fsp3) is 0.417. The summed E-state index contributed by atoms with van der Waals surface area (Å²) in [6.07, 6.45) is 0. The zero-order valence-corrected chi connectivity index (χ0v) is 10.9. The maximum atomic E-state index is 12.4. The third-order valence-corrected chi connectivity index (χ3v) is 3.20. The van der Waals surface area contributed by atoms with Gasteiger partial charge >= 0.3 is 5.51 Å². The van der Waals surface area contributed by atoms with Gasteiger partial charge in [0.1, 0.15) is 0 Å². The first-order valence-electron chi connectivity index (χ1n) is 5.53. The second-order valence-electron chi connectivity index (χ2n) is 3.52. The van der Waals surface area contributed by atoms with Gasteiger partial charge in [0.25, 0.3) is 5.91 Å². The molecule has 1 aromatic rings. The lowest BCUT2D eigenvalue weighted by molar-refractivity contribution is -0.0328. The van der Waals surface area contributed by atoms with E-state index in [9.17, 15) is 18.0 Å². The van der Waals surface area contributed by atoms with Crippen LogP contribution < -0.4 is 0 Å². The number of rotatable bonds is 4. The maximum absolute atomic E-state index is 12.4. The number of amides is 1. The van der Waals surface area contributed by atoms with E-state index in [2.05, 4.69) is 0 Å². The van der Waals surface area contributed by atoms with E-state index in [4.69, 9.17) is 0 Å². The molecule has 6 heteroatoms. The van der Waals surface area contributed by atoms with Gasteiger partial charge in [0.15, 0.2) is 0 Å². The monoisotopic (exact) mass is 277 g/mol. The van der Waals surface area contributed by atoms with Crippen LogP contribution in [0.4, 0.5) is 13.2 Å². The van der Waals surface area contributed by atoms with Gasteiger partial charge in [-0.1, -0.05) is 12.1 Å². The molecule has 0 aliphatic heterocycles. The molecule has 100 valence electrons. The Morgan fingerprint density at radius 1 is 1.22 bits per heavy atom. The Morgan fingerprint density at radius 3 is 2.28 bits per heavy atom. The first kappa shape index (κ1) is 14.9. The van der Waals surface area contributed by atoms with Crippen LogP contribution in [0.2, 0.25) is 0 Å². The van der Waals surface area contributed by atoms with E-state index in [0.717, 1.165) is 0 Å². The predicted molar refractivity (Wildman–Crippen MR) is 65.6 cm³/mol. The molecule has 18 heavy (non-hydrogen) atoms. The summed E-state index contributed by atoms with van der Waals surface area (Å²) in [6.45, 7) is 4.53. The summed E-state index contributed by atoms with van der Waals surface area (Å²) in [6, 6.07) is 5.80. The summed E-state index contributed by atoms with van der Waals surface area (Å²) < 4.78 is 37.2. The van der Waals surface area contributed by atoms with Crippen molar-refractivity contribution in [1.82, 2.24) is 4.90 Å². The van der Waals surface area contributed by atoms with E-state index < -0.39 is 5.51 Å². The Labute approximate surface area is 108 Å². The van der Waals surface area contributed by atoms with Gasteiger partial charge in [-0.2, -0.15) is 13.2 Å². The lowest BCUT2D eigenvalue weighted by Crippen LogP contribution is -2.30. The normalized spacial score (nSPS) is 11.4. The molecule has 2 nitrogen and oxygen atoms in total. The molecule has 0 fully saturated rings. The van der Waals surface area contributed by atoms with Crippen LogP contribution in [-0.2, 0) is 0 Å². The lowest BCUT2D eigenvalue weighted by Gasteiger charge is -2.20. The van der Waals surface area contributed by atoms with Crippen LogP contribution in [0.25, 0.3) is 0 Å². The van der Waals surface area contributed by atoms with Crippen molar-refractivity contribution in [3.05, 3.63) is 29.8 Å². The van der Waals surface area contributed by atoms with E-state index in [-0.39, 0.29) is 28.1 Å². The maximum Gasteiger partial charge on any atom is 0.446 e. The number of carbonyl (C=O) groups excluding carboxylic acids is 1. The molecular formula is C12H14F3NOS. The van der Waals surface area contributed by atoms with Crippen molar-refractivity contribution in [2.45, 2.75) is 24.3 Å². The number of benzene rings is 1. The van der Waals surface area contributed by atoms with Crippen LogP contribution >= 0.6 is 11.8 Å². The van der Waals surface area contributed by atoms with E-state index >= 15 is 0 Å². The molecule has 0 saturated heterocycles. The van der Waals surface area contributed by atoms with Gasteiger partial charge < -0.3 is 4.90 Å². The van der Waals surface area contributed by atoms with Crippen LogP contribution in [0.15, 0.2) is 29.2 Å². The Hall–Kier alpha value is -1.17. The van der Waals surface area contributed by atoms with Crippen molar-refractivity contribution in [1.29, 1.82) is 0 Å². The number of carbonyl (C=O) groups is 1. The third kappa shape index (κ3) is 3.94. The van der Waals surface area contributed by atoms with Crippen molar-refractivity contribution in [3.63, 3.8) is 0 Å². The van der Waals surface area contributed by atoms with Crippen molar-refractivity contribution in [2.75, 3.05) is 13.1 Å². The van der Waals surface area contributed by atoms with Crippen LogP contribution in [0.3, 0.4) is 0 Å². The Kier molecular flexibility index (Phi) is 5.07. The van der Waals surface area contributed by atoms with Gasteiger partial charge in [-0.05, 0) is 37.7 Å². The summed E-state index contributed by atoms with van der Waals surface area (Å²) in [4.78, 5) is 13.5. The first-order valence-corrected chi connectivity index (χ1v) is 6.34. The van der Waals surface area contributed by atoms with Crippen LogP contribution in [0, 0.1) is 0 Å². The minimum Gasteiger partial charge on any atom is -0.339 e. The summed E-state index contributed by atoms with van der Waals surface area (Å²) in [5, 5.41) is 0. The van der Waals surface area contributed by atoms with Gasteiger partial charge in [0, 0.05) is 18.0 Å². The van der Waals surface area contributed by atoms with Crippen molar-refractivity contribution < 1.29 is 18.0 Å². The largest absolute Gasteiger partial charge is 0.446 e. The number of hydrogen-bond acceptors (Lipinski definition) is 2. The Bertz CT molecular complexity index is 416. The highest BCUT2D eigenvalue weighted by Gasteiger charge is 2.31. The van der Waals surface area contributed by atoms with E-state index in [1.165, 1.54) is 23.1 Å². The predicted octanol–water partition coefficient (Wildman–Crippen LogP) is 3.78. The number of hydrogen-bond donors (Lipinski definition) is 0. The number of nitrogens with zero attached hydrogens (tertiary/aromatic N) is 1. The first-order chi connectivity index (χ1) is 8.39. The Balaban J connectivity index is 3.05. The zero-order chi connectivity index (χ0) is 13.8. The van der Waals surface area contributed by atoms with Crippen LogP contribution in [0.5, 0.6) is 0 Å². The standard InChI is InChI=1S/C12H14F3NOS/c1-3-16(4-2)11(17)9-7-5-6-8-10(9)18-12(13,14)15/h5-8H,3-4H2,1-2H3. The second kappa shape index (κ2) is 6.13. The molecule has 1 aromatic carbocycles. The minimum absolute atomic E-state index is 0.0538. The Morgan fingerprint density at radius 2 is 1.78 bits per heavy atom. The SMILES string of the molecule is CCN(CC)C(=O)c1ccccc1SC(F)(F)F. The van der Waals surface area contributed by atoms with Crippen molar-refractivity contribution in [2.24, 2.45) is 0 Å². The number of thioether (sulfide) groups is 1. The molecule has 0 unspecified atom stereocenters. The molecule has 0 N–H and O–H groups in total. The summed E-state index contributed by atoms with van der Waals surface area (Å²) >= 11 is -0.253. The third-order valence-electron chi connectivity index (χ3n) is 2.39. The summed E-state index contributed by atoms with van der Waals surface area (Å²) in [7, 11) is 0. The number of halogens is 3. The summed E-state index contributed by atoms with van der Waals surface area (Å²) in [5.74, 6) is -0.368. The van der Waals surface area contributed by atoms with Crippen LogP contribution in [0.1, 0.15) is 24.2 Å². The molecule has 0 heterocycles. The molecular weight excluding hydrogens is 263 g/mol. The average molecular weight is 277 g/mol. The quantitative estimate of drug-likeness (QED) is 0.781. The fourth-order valence-corrected chi connectivity index (χ4v) is 2.20. The van der Waals surface area contributed by atoms with Gasteiger partial charge in [0.05, 0.1) is 5.56 Å². The molecule has 1 rings (SSSR count). The molecule has 0 aliphatic rings. The molecule has 0 aromatic heterocycles. The average Bonchev–Trinajstić information content (AvgIpc) is 2.29. The molecule has 0 spiro atoms. The number of alkyl halides is 3. The highest BCUT2D eigenvalue weighted by atomic mass is 32.2. The van der Waals surface area contributed by atoms with Gasteiger partial charge in [-0.25, -0.2) is 0 Å². The van der Waals surface area contributed by atoms with Gasteiger partial charge in [0.2, 0.25) is 0 Å². The molecule has 0 radical (unpaired) electrons. The van der Waals surface area contributed by atoms with Gasteiger partial charge in [-0.3, -0.25) is 4.79 Å². The van der Waals surface area contributed by atoms with Crippen molar-refractivity contribution >= 4 is 17.7 Å². The van der Waals surface area contributed by atoms with Gasteiger partial charge in [-0.15, -0.1) is 0 Å². The minimum atomic E-state index is -4.39. The smallest absolute Gasteiger partial charge is 0.339 e. The molecule has 0 bridgehead atoms. The van der Waals surface area contributed by atoms with E-state index in [0.29, 0.717) is 13.1 Å². The molecule has 0 atom stereocenters. The molecule has 0 aliphatic carbocycles. The van der Waals surface area contributed by atoms with E-state index in [1.807, 2.05) is 0 Å².